The highest BCUT2D eigenvalue weighted by Gasteiger charge is 2.22. The van der Waals surface area contributed by atoms with E-state index in [9.17, 15) is 9.59 Å². The van der Waals surface area contributed by atoms with Crippen LogP contribution in [0.15, 0.2) is 45.6 Å². The van der Waals surface area contributed by atoms with Gasteiger partial charge in [-0.25, -0.2) is 4.79 Å². The van der Waals surface area contributed by atoms with Crippen LogP contribution in [0.1, 0.15) is 23.1 Å². The minimum atomic E-state index is -0.291. The van der Waals surface area contributed by atoms with Crippen LogP contribution in [0.5, 0.6) is 5.75 Å². The van der Waals surface area contributed by atoms with Gasteiger partial charge in [0.2, 0.25) is 0 Å². The summed E-state index contributed by atoms with van der Waals surface area (Å²) in [6.45, 7) is 1.74. The second-order valence-electron chi connectivity index (χ2n) is 6.68. The summed E-state index contributed by atoms with van der Waals surface area (Å²) >= 11 is 5.93. The molecule has 0 fully saturated rings. The van der Waals surface area contributed by atoms with Gasteiger partial charge in [-0.3, -0.25) is 4.79 Å². The predicted molar refractivity (Wildman–Crippen MR) is 105 cm³/mol. The molecule has 1 aliphatic rings. The second-order valence-corrected chi connectivity index (χ2v) is 7.12. The summed E-state index contributed by atoms with van der Waals surface area (Å²) in [6.07, 6.45) is 2.45. The van der Waals surface area contributed by atoms with Crippen molar-refractivity contribution in [1.29, 1.82) is 0 Å². The van der Waals surface area contributed by atoms with E-state index in [1.165, 1.54) is 0 Å². The topological polar surface area (TPSA) is 68.5 Å². The molecule has 138 valence electrons. The number of carbonyl (C=O) groups is 1. The van der Waals surface area contributed by atoms with Gasteiger partial charge in [-0.15, -0.1) is 0 Å². The van der Waals surface area contributed by atoms with Crippen LogP contribution in [0.3, 0.4) is 0 Å². The summed E-state index contributed by atoms with van der Waals surface area (Å²) in [5.41, 5.74) is 3.44. The summed E-state index contributed by atoms with van der Waals surface area (Å²) in [7, 11) is 0. The van der Waals surface area contributed by atoms with Gasteiger partial charge in [0, 0.05) is 16.3 Å². The van der Waals surface area contributed by atoms with Crippen molar-refractivity contribution in [2.75, 3.05) is 11.9 Å². The van der Waals surface area contributed by atoms with E-state index in [1.807, 2.05) is 19.1 Å². The zero-order valence-electron chi connectivity index (χ0n) is 14.8. The Balaban J connectivity index is 1.61. The van der Waals surface area contributed by atoms with Gasteiger partial charge in [-0.05, 0) is 67.6 Å². The lowest BCUT2D eigenvalue weighted by Crippen LogP contribution is -2.20. The number of aryl methyl sites for hydroxylation is 2. The summed E-state index contributed by atoms with van der Waals surface area (Å²) in [6, 6.07) is 10.6. The Morgan fingerprint density at radius 1 is 1.22 bits per heavy atom. The third-order valence-corrected chi connectivity index (χ3v) is 4.88. The average Bonchev–Trinajstić information content (AvgIpc) is 3.09. The van der Waals surface area contributed by atoms with Crippen LogP contribution in [-0.2, 0) is 17.6 Å². The highest BCUT2D eigenvalue weighted by atomic mass is 35.5. The predicted octanol–water partition coefficient (Wildman–Crippen LogP) is 4.26. The SMILES string of the molecule is Cc1cc(OCC(=O)Nc2cccc(Cl)c2)c2c3c(c(=O)oc2c1)CCC3. The van der Waals surface area contributed by atoms with E-state index in [1.54, 1.807) is 24.3 Å². The molecule has 2 aromatic carbocycles. The highest BCUT2D eigenvalue weighted by molar-refractivity contribution is 6.30. The Morgan fingerprint density at radius 3 is 2.85 bits per heavy atom. The average molecular weight is 384 g/mol. The van der Waals surface area contributed by atoms with Crippen LogP contribution in [0, 0.1) is 6.92 Å². The quantitative estimate of drug-likeness (QED) is 0.683. The molecule has 0 spiro atoms. The number of rotatable bonds is 4. The number of anilines is 1. The van der Waals surface area contributed by atoms with Crippen molar-refractivity contribution in [3.63, 3.8) is 0 Å². The minimum absolute atomic E-state index is 0.154. The molecule has 1 N–H and O–H groups in total. The zero-order chi connectivity index (χ0) is 19.0. The van der Waals surface area contributed by atoms with Gasteiger partial charge in [0.15, 0.2) is 6.61 Å². The fourth-order valence-electron chi connectivity index (χ4n) is 3.53. The minimum Gasteiger partial charge on any atom is -0.483 e. The van der Waals surface area contributed by atoms with Crippen molar-refractivity contribution < 1.29 is 13.9 Å². The van der Waals surface area contributed by atoms with Crippen molar-refractivity contribution in [3.05, 3.63) is 68.5 Å². The number of ether oxygens (including phenoxy) is 1. The molecule has 1 heterocycles. The maximum Gasteiger partial charge on any atom is 0.339 e. The molecular formula is C21H18ClNO4. The van der Waals surface area contributed by atoms with Gasteiger partial charge < -0.3 is 14.5 Å². The smallest absolute Gasteiger partial charge is 0.339 e. The molecule has 6 heteroatoms. The Kier molecular flexibility index (Phi) is 4.62. The van der Waals surface area contributed by atoms with Crippen LogP contribution in [-0.4, -0.2) is 12.5 Å². The van der Waals surface area contributed by atoms with E-state index in [0.29, 0.717) is 22.0 Å². The molecule has 0 bridgehead atoms. The first kappa shape index (κ1) is 17.6. The lowest BCUT2D eigenvalue weighted by molar-refractivity contribution is -0.118. The third-order valence-electron chi connectivity index (χ3n) is 4.65. The van der Waals surface area contributed by atoms with Crippen LogP contribution < -0.4 is 15.7 Å². The summed E-state index contributed by atoms with van der Waals surface area (Å²) in [5.74, 6) is 0.272. The highest BCUT2D eigenvalue weighted by Crippen LogP contribution is 2.35. The van der Waals surface area contributed by atoms with E-state index in [2.05, 4.69) is 5.32 Å². The molecule has 0 saturated carbocycles. The number of fused-ring (bicyclic) bond motifs is 3. The first-order valence-electron chi connectivity index (χ1n) is 8.79. The van der Waals surface area contributed by atoms with Crippen molar-refractivity contribution in [2.45, 2.75) is 26.2 Å². The third kappa shape index (κ3) is 3.55. The Morgan fingerprint density at radius 2 is 2.04 bits per heavy atom. The van der Waals surface area contributed by atoms with Crippen molar-refractivity contribution in [3.8, 4) is 5.75 Å². The molecule has 1 aromatic heterocycles. The maximum absolute atomic E-state index is 12.3. The van der Waals surface area contributed by atoms with E-state index in [0.717, 1.165) is 41.3 Å². The van der Waals surface area contributed by atoms with Crippen LogP contribution in [0.2, 0.25) is 5.02 Å². The molecule has 1 amide bonds. The Hall–Kier alpha value is -2.79. The molecule has 0 radical (unpaired) electrons. The number of halogens is 1. The maximum atomic E-state index is 12.3. The molecule has 0 unspecified atom stereocenters. The first-order valence-corrected chi connectivity index (χ1v) is 9.16. The number of hydrogen-bond acceptors (Lipinski definition) is 4. The number of carbonyl (C=O) groups excluding carboxylic acids is 1. The molecule has 3 aromatic rings. The molecule has 0 aliphatic heterocycles. The standard InChI is InChI=1S/C21H18ClNO4/c1-12-8-17(26-11-19(24)23-14-5-2-4-13(22)10-14)20-15-6-3-7-16(15)21(25)27-18(20)9-12/h2,4-5,8-10H,3,6-7,11H2,1H3,(H,23,24). The first-order chi connectivity index (χ1) is 13.0. The van der Waals surface area contributed by atoms with Crippen LogP contribution >= 0.6 is 11.6 Å². The Bertz CT molecular complexity index is 1100. The van der Waals surface area contributed by atoms with Crippen molar-refractivity contribution in [2.24, 2.45) is 0 Å². The van der Waals surface area contributed by atoms with Gasteiger partial charge in [0.1, 0.15) is 11.3 Å². The molecule has 27 heavy (non-hydrogen) atoms. The van der Waals surface area contributed by atoms with Gasteiger partial charge in [0.25, 0.3) is 5.91 Å². The number of hydrogen-bond donors (Lipinski definition) is 1. The number of amides is 1. The van der Waals surface area contributed by atoms with Crippen molar-refractivity contribution >= 4 is 34.2 Å². The normalized spacial score (nSPS) is 12.8. The lowest BCUT2D eigenvalue weighted by atomic mass is 10.0. The summed E-state index contributed by atoms with van der Waals surface area (Å²) in [5, 5.41) is 4.10. The summed E-state index contributed by atoms with van der Waals surface area (Å²) < 4.78 is 11.3. The summed E-state index contributed by atoms with van der Waals surface area (Å²) in [4.78, 5) is 24.4. The van der Waals surface area contributed by atoms with Crippen LogP contribution in [0.4, 0.5) is 5.69 Å². The van der Waals surface area contributed by atoms with E-state index < -0.39 is 0 Å². The van der Waals surface area contributed by atoms with Crippen molar-refractivity contribution in [1.82, 2.24) is 0 Å². The van der Waals surface area contributed by atoms with Gasteiger partial charge in [-0.2, -0.15) is 0 Å². The van der Waals surface area contributed by atoms with E-state index >= 15 is 0 Å². The second kappa shape index (κ2) is 7.08. The molecule has 0 atom stereocenters. The lowest BCUT2D eigenvalue weighted by Gasteiger charge is -2.13. The van der Waals surface area contributed by atoms with Gasteiger partial charge in [-0.1, -0.05) is 17.7 Å². The number of benzene rings is 2. The molecular weight excluding hydrogens is 366 g/mol. The molecule has 1 aliphatic carbocycles. The Labute approximate surface area is 160 Å². The van der Waals surface area contributed by atoms with E-state index in [4.69, 9.17) is 20.8 Å². The van der Waals surface area contributed by atoms with Gasteiger partial charge >= 0.3 is 5.63 Å². The largest absolute Gasteiger partial charge is 0.483 e. The fourth-order valence-corrected chi connectivity index (χ4v) is 3.72. The van der Waals surface area contributed by atoms with Crippen LogP contribution in [0.25, 0.3) is 11.0 Å². The molecule has 0 saturated heterocycles. The monoisotopic (exact) mass is 383 g/mol. The number of nitrogens with one attached hydrogen (secondary N) is 1. The molecule has 5 nitrogen and oxygen atoms in total. The molecule has 4 rings (SSSR count). The fraction of sp³-hybridized carbons (Fsp3) is 0.238. The van der Waals surface area contributed by atoms with Gasteiger partial charge in [0.05, 0.1) is 5.39 Å². The zero-order valence-corrected chi connectivity index (χ0v) is 15.6. The van der Waals surface area contributed by atoms with E-state index in [-0.39, 0.29) is 18.1 Å².